The van der Waals surface area contributed by atoms with E-state index in [2.05, 4.69) is 167 Å². The molecule has 0 aliphatic heterocycles. The lowest BCUT2D eigenvalue weighted by atomic mass is 10.00. The van der Waals surface area contributed by atoms with E-state index in [0.717, 1.165) is 60.8 Å². The maximum absolute atomic E-state index is 6.63. The van der Waals surface area contributed by atoms with E-state index in [4.69, 9.17) is 14.4 Å². The second kappa shape index (κ2) is 11.1. The fourth-order valence-corrected chi connectivity index (χ4v) is 10.5. The molecule has 56 heavy (non-hydrogen) atoms. The van der Waals surface area contributed by atoms with Crippen LogP contribution in [0.3, 0.4) is 0 Å². The first-order valence-corrected chi connectivity index (χ1v) is 19.7. The van der Waals surface area contributed by atoms with Gasteiger partial charge in [0.25, 0.3) is 0 Å². The van der Waals surface area contributed by atoms with Crippen LogP contribution in [0.5, 0.6) is 0 Å². The zero-order chi connectivity index (χ0) is 36.5. The van der Waals surface area contributed by atoms with E-state index in [0.29, 0.717) is 11.7 Å². The van der Waals surface area contributed by atoms with Crippen molar-refractivity contribution in [3.05, 3.63) is 170 Å². The standard InChI is InChI=1S/C50H28N4OS/c1-2-14-30(15-3-1)53-38-22-10-6-16-31(38)37-28-29(26-27-40(37)53)46-44-35-20-8-12-24-41(35)55-49(44)52-50(51-46)54-39-23-11-7-19-34(39)45-47(54)33-18-5-4-17-32(33)43-36-21-9-13-25-42(36)56-48(43)45/h1-28H. The van der Waals surface area contributed by atoms with E-state index in [1.54, 1.807) is 0 Å². The molecule has 5 heterocycles. The summed E-state index contributed by atoms with van der Waals surface area (Å²) in [5, 5.41) is 11.6. The van der Waals surface area contributed by atoms with Gasteiger partial charge in [0, 0.05) is 63.7 Å². The molecule has 6 heteroatoms. The molecule has 0 fully saturated rings. The molecular formula is C50H28N4OS. The zero-order valence-corrected chi connectivity index (χ0v) is 30.6. The Hall–Kier alpha value is -7.28. The molecule has 5 nitrogen and oxygen atoms in total. The first-order valence-electron chi connectivity index (χ1n) is 18.8. The summed E-state index contributed by atoms with van der Waals surface area (Å²) >= 11 is 1.86. The number of aromatic nitrogens is 4. The molecule has 260 valence electrons. The summed E-state index contributed by atoms with van der Waals surface area (Å²) in [5.74, 6) is 0.579. The van der Waals surface area contributed by atoms with Crippen molar-refractivity contribution in [1.82, 2.24) is 19.1 Å². The maximum Gasteiger partial charge on any atom is 0.238 e. The smallest absolute Gasteiger partial charge is 0.238 e. The van der Waals surface area contributed by atoms with Crippen LogP contribution in [0.15, 0.2) is 174 Å². The quantitative estimate of drug-likeness (QED) is 0.182. The second-order valence-electron chi connectivity index (χ2n) is 14.5. The van der Waals surface area contributed by atoms with Gasteiger partial charge in [-0.25, -0.2) is 4.98 Å². The van der Waals surface area contributed by atoms with Gasteiger partial charge in [0.15, 0.2) is 0 Å². The Morgan fingerprint density at radius 1 is 0.446 bits per heavy atom. The molecular weight excluding hydrogens is 705 g/mol. The molecule has 0 aliphatic carbocycles. The van der Waals surface area contributed by atoms with Gasteiger partial charge < -0.3 is 8.98 Å². The molecule has 13 aromatic rings. The summed E-state index contributed by atoms with van der Waals surface area (Å²) in [6.07, 6.45) is 0. The number of nitrogens with zero attached hydrogens (tertiary/aromatic N) is 4. The van der Waals surface area contributed by atoms with Crippen LogP contribution >= 0.6 is 11.3 Å². The van der Waals surface area contributed by atoms with E-state index in [1.807, 2.05) is 23.5 Å². The third kappa shape index (κ3) is 3.98. The lowest BCUT2D eigenvalue weighted by molar-refractivity contribution is 0.651. The SMILES string of the molecule is c1ccc(-n2c3ccccc3c3cc(-c4nc(-n5c6ccccc6c6c7sc8ccccc8c7c7ccccc7c65)nc5oc6ccccc6c45)ccc32)cc1. The molecule has 0 saturated heterocycles. The number of fused-ring (bicyclic) bond motifs is 16. The summed E-state index contributed by atoms with van der Waals surface area (Å²) in [6.45, 7) is 0. The van der Waals surface area contributed by atoms with Crippen molar-refractivity contribution in [1.29, 1.82) is 0 Å². The Morgan fingerprint density at radius 3 is 1.93 bits per heavy atom. The molecule has 0 spiro atoms. The van der Waals surface area contributed by atoms with Crippen LogP contribution < -0.4 is 0 Å². The molecule has 0 N–H and O–H groups in total. The van der Waals surface area contributed by atoms with Crippen molar-refractivity contribution in [2.24, 2.45) is 0 Å². The molecule has 0 saturated carbocycles. The molecule has 0 radical (unpaired) electrons. The number of benzene rings is 8. The average molecular weight is 733 g/mol. The van der Waals surface area contributed by atoms with Crippen LogP contribution in [-0.2, 0) is 0 Å². The Bertz CT molecular complexity index is 3770. The highest BCUT2D eigenvalue weighted by Crippen LogP contribution is 2.48. The molecule has 0 atom stereocenters. The van der Waals surface area contributed by atoms with Gasteiger partial charge in [0.05, 0.1) is 33.1 Å². The lowest BCUT2D eigenvalue weighted by Crippen LogP contribution is -2.03. The van der Waals surface area contributed by atoms with Crippen LogP contribution in [0.1, 0.15) is 0 Å². The van der Waals surface area contributed by atoms with Crippen LogP contribution in [0.25, 0.3) is 120 Å². The van der Waals surface area contributed by atoms with E-state index in [-0.39, 0.29) is 0 Å². The van der Waals surface area contributed by atoms with Crippen molar-refractivity contribution < 1.29 is 4.42 Å². The largest absolute Gasteiger partial charge is 0.437 e. The molecule has 13 rings (SSSR count). The summed E-state index contributed by atoms with van der Waals surface area (Å²) < 4.78 is 13.8. The van der Waals surface area contributed by atoms with Gasteiger partial charge in [-0.3, -0.25) is 4.57 Å². The highest BCUT2D eigenvalue weighted by Gasteiger charge is 2.25. The Balaban J connectivity index is 1.17. The van der Waals surface area contributed by atoms with Crippen LogP contribution in [-0.4, -0.2) is 19.1 Å². The molecule has 8 aromatic carbocycles. The van der Waals surface area contributed by atoms with E-state index in [1.165, 1.54) is 47.1 Å². The second-order valence-corrected chi connectivity index (χ2v) is 15.5. The third-order valence-corrected chi connectivity index (χ3v) is 12.7. The first-order chi connectivity index (χ1) is 27.8. The number of hydrogen-bond acceptors (Lipinski definition) is 4. The van der Waals surface area contributed by atoms with Crippen molar-refractivity contribution in [2.45, 2.75) is 0 Å². The van der Waals surface area contributed by atoms with E-state index < -0.39 is 0 Å². The fraction of sp³-hybridized carbons (Fsp3) is 0. The monoisotopic (exact) mass is 732 g/mol. The first kappa shape index (κ1) is 30.1. The number of rotatable bonds is 3. The van der Waals surface area contributed by atoms with Gasteiger partial charge in [0.2, 0.25) is 11.7 Å². The van der Waals surface area contributed by atoms with Gasteiger partial charge in [-0.1, -0.05) is 121 Å². The highest BCUT2D eigenvalue weighted by atomic mass is 32.1. The molecule has 0 bridgehead atoms. The topological polar surface area (TPSA) is 48.8 Å². The molecule has 0 amide bonds. The van der Waals surface area contributed by atoms with Gasteiger partial charge in [-0.2, -0.15) is 4.98 Å². The predicted molar refractivity (Wildman–Crippen MR) is 234 cm³/mol. The number of thiophene rings is 1. The lowest BCUT2D eigenvalue weighted by Gasteiger charge is -2.12. The number of hydrogen-bond donors (Lipinski definition) is 0. The maximum atomic E-state index is 6.63. The van der Waals surface area contributed by atoms with Gasteiger partial charge in [-0.05, 0) is 53.9 Å². The van der Waals surface area contributed by atoms with Crippen molar-refractivity contribution in [2.75, 3.05) is 0 Å². The predicted octanol–water partition coefficient (Wildman–Crippen LogP) is 13.8. The highest BCUT2D eigenvalue weighted by molar-refractivity contribution is 7.27. The van der Waals surface area contributed by atoms with Gasteiger partial charge in [-0.15, -0.1) is 11.3 Å². The van der Waals surface area contributed by atoms with Gasteiger partial charge >= 0.3 is 0 Å². The summed E-state index contributed by atoms with van der Waals surface area (Å²) in [4.78, 5) is 10.9. The fourth-order valence-electron chi connectivity index (χ4n) is 9.23. The van der Waals surface area contributed by atoms with Crippen molar-refractivity contribution in [3.63, 3.8) is 0 Å². The Labute approximate surface area is 322 Å². The summed E-state index contributed by atoms with van der Waals surface area (Å²) in [6, 6.07) is 60.4. The minimum absolute atomic E-state index is 0.566. The summed E-state index contributed by atoms with van der Waals surface area (Å²) in [7, 11) is 0. The minimum atomic E-state index is 0.566. The minimum Gasteiger partial charge on any atom is -0.437 e. The van der Waals surface area contributed by atoms with Crippen molar-refractivity contribution in [3.8, 4) is 22.9 Å². The molecule has 5 aromatic heterocycles. The average Bonchev–Trinajstić information content (AvgIpc) is 4.01. The van der Waals surface area contributed by atoms with Crippen LogP contribution in [0.2, 0.25) is 0 Å². The third-order valence-electron chi connectivity index (χ3n) is 11.5. The molecule has 0 aliphatic rings. The Kier molecular flexibility index (Phi) is 5.98. The molecule has 0 unspecified atom stereocenters. The normalized spacial score (nSPS) is 12.3. The van der Waals surface area contributed by atoms with E-state index in [9.17, 15) is 0 Å². The number of furan rings is 1. The van der Waals surface area contributed by atoms with Crippen LogP contribution in [0.4, 0.5) is 0 Å². The Morgan fingerprint density at radius 2 is 1.09 bits per heavy atom. The zero-order valence-electron chi connectivity index (χ0n) is 29.8. The number of para-hydroxylation sites is 4. The summed E-state index contributed by atoms with van der Waals surface area (Å²) in [5.41, 5.74) is 8.79. The van der Waals surface area contributed by atoms with E-state index >= 15 is 0 Å². The van der Waals surface area contributed by atoms with Gasteiger partial charge in [0.1, 0.15) is 5.58 Å². The van der Waals surface area contributed by atoms with Crippen LogP contribution in [0, 0.1) is 0 Å². The van der Waals surface area contributed by atoms with Crippen molar-refractivity contribution >= 4 is 108 Å².